The van der Waals surface area contributed by atoms with Gasteiger partial charge in [-0.05, 0) is 44.0 Å². The van der Waals surface area contributed by atoms with Gasteiger partial charge in [-0.3, -0.25) is 9.69 Å². The van der Waals surface area contributed by atoms with Gasteiger partial charge in [-0.25, -0.2) is 0 Å². The van der Waals surface area contributed by atoms with Crippen molar-refractivity contribution < 1.29 is 13.9 Å². The Labute approximate surface area is 177 Å². The van der Waals surface area contributed by atoms with Crippen LogP contribution in [0.5, 0.6) is 0 Å². The average Bonchev–Trinajstić information content (AvgIpc) is 3.29. The standard InChI is InChI=1S/C24H31N3O3/c1-4-22-18(15-27-9-11-29-12-10-27)14-23(30-22)24(28)25-8-7-19-17(3)26-21-6-5-16(2)13-20(19)21/h5-6,13-14,26H,4,7-12,15H2,1-3H3,(H,25,28). The highest BCUT2D eigenvalue weighted by Crippen LogP contribution is 2.24. The Hall–Kier alpha value is -2.57. The number of aromatic amines is 1. The van der Waals surface area contributed by atoms with Crippen LogP contribution in [-0.4, -0.2) is 48.6 Å². The van der Waals surface area contributed by atoms with Crippen molar-refractivity contribution in [3.63, 3.8) is 0 Å². The molecule has 6 nitrogen and oxygen atoms in total. The van der Waals surface area contributed by atoms with E-state index >= 15 is 0 Å². The fourth-order valence-electron chi connectivity index (χ4n) is 4.22. The Bertz CT molecular complexity index is 1030. The van der Waals surface area contributed by atoms with Crippen LogP contribution in [0.2, 0.25) is 0 Å². The molecule has 3 aromatic rings. The molecule has 1 amide bonds. The summed E-state index contributed by atoms with van der Waals surface area (Å²) < 4.78 is 11.3. The fourth-order valence-corrected chi connectivity index (χ4v) is 4.22. The van der Waals surface area contributed by atoms with Crippen LogP contribution in [0.15, 0.2) is 28.7 Å². The first-order valence-electron chi connectivity index (χ1n) is 10.8. The number of carbonyl (C=O) groups excluding carboxylic acids is 1. The van der Waals surface area contributed by atoms with Gasteiger partial charge in [0.15, 0.2) is 5.76 Å². The molecule has 0 spiro atoms. The van der Waals surface area contributed by atoms with Crippen molar-refractivity contribution in [2.75, 3.05) is 32.8 Å². The Morgan fingerprint density at radius 1 is 1.20 bits per heavy atom. The van der Waals surface area contributed by atoms with Gasteiger partial charge in [0.05, 0.1) is 13.2 Å². The predicted molar refractivity (Wildman–Crippen MR) is 118 cm³/mol. The van der Waals surface area contributed by atoms with E-state index in [1.165, 1.54) is 16.5 Å². The first kappa shape index (κ1) is 20.7. The van der Waals surface area contributed by atoms with E-state index in [0.717, 1.165) is 68.2 Å². The molecule has 1 aliphatic heterocycles. The quantitative estimate of drug-likeness (QED) is 0.624. The molecule has 0 unspecified atom stereocenters. The average molecular weight is 410 g/mol. The number of hydrogen-bond donors (Lipinski definition) is 2. The zero-order valence-electron chi connectivity index (χ0n) is 18.1. The molecule has 1 fully saturated rings. The highest BCUT2D eigenvalue weighted by Gasteiger charge is 2.19. The van der Waals surface area contributed by atoms with E-state index in [4.69, 9.17) is 9.15 Å². The third-order valence-corrected chi connectivity index (χ3v) is 5.87. The van der Waals surface area contributed by atoms with E-state index in [-0.39, 0.29) is 5.91 Å². The SMILES string of the molecule is CCc1oc(C(=O)NCCc2c(C)[nH]c3ccc(C)cc23)cc1CN1CCOCC1. The van der Waals surface area contributed by atoms with Crippen molar-refractivity contribution in [3.8, 4) is 0 Å². The van der Waals surface area contributed by atoms with Crippen molar-refractivity contribution in [2.24, 2.45) is 0 Å². The molecule has 0 aliphatic carbocycles. The maximum atomic E-state index is 12.7. The maximum Gasteiger partial charge on any atom is 0.287 e. The number of H-pyrrole nitrogens is 1. The second-order valence-electron chi connectivity index (χ2n) is 8.08. The van der Waals surface area contributed by atoms with Crippen LogP contribution in [0.4, 0.5) is 0 Å². The van der Waals surface area contributed by atoms with Crippen molar-refractivity contribution in [2.45, 2.75) is 40.2 Å². The van der Waals surface area contributed by atoms with Gasteiger partial charge in [0.2, 0.25) is 0 Å². The highest BCUT2D eigenvalue weighted by atomic mass is 16.5. The summed E-state index contributed by atoms with van der Waals surface area (Å²) in [7, 11) is 0. The maximum absolute atomic E-state index is 12.7. The van der Waals surface area contributed by atoms with Crippen LogP contribution in [0, 0.1) is 13.8 Å². The number of fused-ring (bicyclic) bond motifs is 1. The van der Waals surface area contributed by atoms with Crippen LogP contribution in [-0.2, 0) is 24.1 Å². The summed E-state index contributed by atoms with van der Waals surface area (Å²) in [5.41, 5.74) is 5.90. The van der Waals surface area contributed by atoms with Crippen molar-refractivity contribution in [3.05, 3.63) is 58.2 Å². The lowest BCUT2D eigenvalue weighted by molar-refractivity contribution is 0.0339. The number of nitrogens with one attached hydrogen (secondary N) is 2. The molecule has 1 aromatic carbocycles. The molecule has 4 rings (SSSR count). The minimum atomic E-state index is -0.147. The minimum absolute atomic E-state index is 0.147. The fraction of sp³-hybridized carbons (Fsp3) is 0.458. The topological polar surface area (TPSA) is 70.5 Å². The molecule has 6 heteroatoms. The molecule has 1 aliphatic rings. The first-order valence-corrected chi connectivity index (χ1v) is 10.8. The molecule has 1 saturated heterocycles. The molecule has 0 radical (unpaired) electrons. The number of rotatable bonds is 7. The highest BCUT2D eigenvalue weighted by molar-refractivity contribution is 5.92. The summed E-state index contributed by atoms with van der Waals surface area (Å²) >= 11 is 0. The Kier molecular flexibility index (Phi) is 6.25. The zero-order valence-corrected chi connectivity index (χ0v) is 18.1. The van der Waals surface area contributed by atoms with Crippen LogP contribution >= 0.6 is 0 Å². The molecular formula is C24H31N3O3. The number of nitrogens with zero attached hydrogens (tertiary/aromatic N) is 1. The number of ether oxygens (including phenoxy) is 1. The third-order valence-electron chi connectivity index (χ3n) is 5.87. The molecule has 0 bridgehead atoms. The van der Waals surface area contributed by atoms with Gasteiger partial charge < -0.3 is 19.5 Å². The van der Waals surface area contributed by atoms with Crippen molar-refractivity contribution in [1.29, 1.82) is 0 Å². The number of aryl methyl sites for hydroxylation is 3. The van der Waals surface area contributed by atoms with Gasteiger partial charge in [-0.1, -0.05) is 18.6 Å². The summed E-state index contributed by atoms with van der Waals surface area (Å²) in [6, 6.07) is 8.34. The number of carbonyl (C=O) groups is 1. The lowest BCUT2D eigenvalue weighted by Gasteiger charge is -2.26. The number of morpholine rings is 1. The number of benzene rings is 1. The Morgan fingerprint density at radius 3 is 2.77 bits per heavy atom. The van der Waals surface area contributed by atoms with Gasteiger partial charge in [0.1, 0.15) is 5.76 Å². The number of furan rings is 1. The van der Waals surface area contributed by atoms with Crippen LogP contribution in [0.25, 0.3) is 10.9 Å². The molecule has 0 atom stereocenters. The Balaban J connectivity index is 1.39. The lowest BCUT2D eigenvalue weighted by Crippen LogP contribution is -2.35. The smallest absolute Gasteiger partial charge is 0.287 e. The van der Waals surface area contributed by atoms with Crippen LogP contribution in [0.3, 0.4) is 0 Å². The first-order chi connectivity index (χ1) is 14.5. The molecule has 2 N–H and O–H groups in total. The van der Waals surface area contributed by atoms with Crippen LogP contribution in [0.1, 0.15) is 45.6 Å². The molecule has 2 aromatic heterocycles. The van der Waals surface area contributed by atoms with E-state index in [0.29, 0.717) is 12.3 Å². The molecule has 160 valence electrons. The van der Waals surface area contributed by atoms with Crippen molar-refractivity contribution >= 4 is 16.8 Å². The molecular weight excluding hydrogens is 378 g/mol. The van der Waals surface area contributed by atoms with Gasteiger partial charge in [-0.15, -0.1) is 0 Å². The second kappa shape index (κ2) is 9.06. The molecule has 30 heavy (non-hydrogen) atoms. The number of amides is 1. The largest absolute Gasteiger partial charge is 0.456 e. The third kappa shape index (κ3) is 4.45. The minimum Gasteiger partial charge on any atom is -0.456 e. The summed E-state index contributed by atoms with van der Waals surface area (Å²) in [4.78, 5) is 18.5. The van der Waals surface area contributed by atoms with Gasteiger partial charge in [-0.2, -0.15) is 0 Å². The normalized spacial score (nSPS) is 15.0. The number of hydrogen-bond acceptors (Lipinski definition) is 4. The van der Waals surface area contributed by atoms with Gasteiger partial charge in [0.25, 0.3) is 5.91 Å². The van der Waals surface area contributed by atoms with E-state index < -0.39 is 0 Å². The summed E-state index contributed by atoms with van der Waals surface area (Å²) in [5.74, 6) is 1.16. The summed E-state index contributed by atoms with van der Waals surface area (Å²) in [6.45, 7) is 11.0. The van der Waals surface area contributed by atoms with E-state index in [1.807, 2.05) is 6.07 Å². The van der Waals surface area contributed by atoms with Gasteiger partial charge in [0, 0.05) is 54.8 Å². The van der Waals surface area contributed by atoms with E-state index in [2.05, 4.69) is 54.2 Å². The number of aromatic nitrogens is 1. The monoisotopic (exact) mass is 409 g/mol. The van der Waals surface area contributed by atoms with E-state index in [9.17, 15) is 4.79 Å². The summed E-state index contributed by atoms with van der Waals surface area (Å²) in [5, 5.41) is 4.27. The predicted octanol–water partition coefficient (Wildman–Crippen LogP) is 3.74. The zero-order chi connectivity index (χ0) is 21.1. The molecule has 3 heterocycles. The van der Waals surface area contributed by atoms with Crippen LogP contribution < -0.4 is 5.32 Å². The second-order valence-corrected chi connectivity index (χ2v) is 8.08. The van der Waals surface area contributed by atoms with Gasteiger partial charge >= 0.3 is 0 Å². The lowest BCUT2D eigenvalue weighted by atomic mass is 10.1. The van der Waals surface area contributed by atoms with E-state index in [1.54, 1.807) is 0 Å². The summed E-state index contributed by atoms with van der Waals surface area (Å²) in [6.07, 6.45) is 1.56. The van der Waals surface area contributed by atoms with Crippen molar-refractivity contribution in [1.82, 2.24) is 15.2 Å². The Morgan fingerprint density at radius 2 is 2.00 bits per heavy atom. The molecule has 0 saturated carbocycles.